The second kappa shape index (κ2) is 8.69. The van der Waals surface area contributed by atoms with Crippen molar-refractivity contribution >= 4 is 33.2 Å². The van der Waals surface area contributed by atoms with E-state index in [9.17, 15) is 13.2 Å². The summed E-state index contributed by atoms with van der Waals surface area (Å²) in [7, 11) is -3.75. The minimum absolute atomic E-state index is 0.0440. The van der Waals surface area contributed by atoms with Gasteiger partial charge in [-0.3, -0.25) is 4.79 Å². The molecule has 4 rings (SSSR count). The van der Waals surface area contributed by atoms with Gasteiger partial charge in [-0.2, -0.15) is 9.40 Å². The standard InChI is InChI=1S/C23H25ClN4O3S/c1-15-6-9-19(10-7-15)28-17(3)22(16(2)26-28)25-23(29)18-8-11-20(24)21(14-18)32(30,31)27-12-4-5-13-27/h6-11,14H,4-5,12-13H2,1-3H3,(H,25,29). The van der Waals surface area contributed by atoms with Gasteiger partial charge in [0.2, 0.25) is 10.0 Å². The van der Waals surface area contributed by atoms with Gasteiger partial charge in [0, 0.05) is 18.7 Å². The molecule has 7 nitrogen and oxygen atoms in total. The highest BCUT2D eigenvalue weighted by atomic mass is 35.5. The second-order valence-corrected chi connectivity index (χ2v) is 10.3. The lowest BCUT2D eigenvalue weighted by Gasteiger charge is -2.17. The van der Waals surface area contributed by atoms with Crippen LogP contribution in [0.4, 0.5) is 5.69 Å². The molecule has 0 unspecified atom stereocenters. The number of amides is 1. The molecule has 0 spiro atoms. The van der Waals surface area contributed by atoms with Crippen LogP contribution in [0.25, 0.3) is 5.69 Å². The van der Waals surface area contributed by atoms with E-state index in [2.05, 4.69) is 10.4 Å². The summed E-state index contributed by atoms with van der Waals surface area (Å²) in [6.07, 6.45) is 1.64. The first-order valence-electron chi connectivity index (χ1n) is 10.4. The first kappa shape index (κ1) is 22.5. The number of hydrogen-bond acceptors (Lipinski definition) is 4. The molecular weight excluding hydrogens is 448 g/mol. The van der Waals surface area contributed by atoms with Crippen molar-refractivity contribution in [1.82, 2.24) is 14.1 Å². The molecule has 0 atom stereocenters. The van der Waals surface area contributed by atoms with Crippen molar-refractivity contribution in [2.24, 2.45) is 0 Å². The zero-order valence-corrected chi connectivity index (χ0v) is 19.8. The van der Waals surface area contributed by atoms with Crippen LogP contribution in [0.3, 0.4) is 0 Å². The van der Waals surface area contributed by atoms with Crippen molar-refractivity contribution in [2.45, 2.75) is 38.5 Å². The number of carbonyl (C=O) groups excluding carboxylic acids is 1. The molecule has 1 aromatic heterocycles. The molecule has 1 saturated heterocycles. The molecule has 0 bridgehead atoms. The molecule has 0 radical (unpaired) electrons. The van der Waals surface area contributed by atoms with Crippen molar-refractivity contribution < 1.29 is 13.2 Å². The summed E-state index contributed by atoms with van der Waals surface area (Å²) in [6.45, 7) is 6.64. The van der Waals surface area contributed by atoms with Gasteiger partial charge in [-0.05, 0) is 63.9 Å². The van der Waals surface area contributed by atoms with Gasteiger partial charge in [0.15, 0.2) is 0 Å². The lowest BCUT2D eigenvalue weighted by atomic mass is 10.2. The van der Waals surface area contributed by atoms with Crippen LogP contribution in [0.1, 0.15) is 40.2 Å². The van der Waals surface area contributed by atoms with Crippen LogP contribution < -0.4 is 5.32 Å². The van der Waals surface area contributed by atoms with E-state index in [1.807, 2.05) is 45.0 Å². The van der Waals surface area contributed by atoms with Crippen LogP contribution in [-0.2, 0) is 10.0 Å². The largest absolute Gasteiger partial charge is 0.319 e. The summed E-state index contributed by atoms with van der Waals surface area (Å²) in [5.74, 6) is -0.422. The molecule has 0 saturated carbocycles. The number of nitrogens with zero attached hydrogens (tertiary/aromatic N) is 3. The number of aromatic nitrogens is 2. The van der Waals surface area contributed by atoms with E-state index >= 15 is 0 Å². The van der Waals surface area contributed by atoms with Gasteiger partial charge in [-0.1, -0.05) is 29.3 Å². The summed E-state index contributed by atoms with van der Waals surface area (Å²) < 4.78 is 29.1. The molecule has 32 heavy (non-hydrogen) atoms. The van der Waals surface area contributed by atoms with Gasteiger partial charge in [-0.15, -0.1) is 0 Å². The van der Waals surface area contributed by atoms with Crippen LogP contribution >= 0.6 is 11.6 Å². The van der Waals surface area contributed by atoms with E-state index in [0.717, 1.165) is 29.8 Å². The average Bonchev–Trinajstić information content (AvgIpc) is 3.40. The Morgan fingerprint density at radius 2 is 1.69 bits per heavy atom. The second-order valence-electron chi connectivity index (χ2n) is 8.00. The number of benzene rings is 2. The van der Waals surface area contributed by atoms with Crippen LogP contribution in [-0.4, -0.2) is 41.5 Å². The Kier molecular flexibility index (Phi) is 6.11. The number of aryl methyl sites for hydroxylation is 2. The predicted molar refractivity (Wildman–Crippen MR) is 125 cm³/mol. The van der Waals surface area contributed by atoms with Crippen molar-refractivity contribution in [3.8, 4) is 5.69 Å². The Bertz CT molecular complexity index is 1280. The van der Waals surface area contributed by atoms with Gasteiger partial charge >= 0.3 is 0 Å². The highest BCUT2D eigenvalue weighted by Crippen LogP contribution is 2.29. The maximum atomic E-state index is 13.0. The highest BCUT2D eigenvalue weighted by Gasteiger charge is 2.30. The minimum Gasteiger partial charge on any atom is -0.319 e. The first-order chi connectivity index (χ1) is 15.2. The fourth-order valence-corrected chi connectivity index (χ4v) is 5.87. The van der Waals surface area contributed by atoms with E-state index in [0.29, 0.717) is 24.5 Å². The quantitative estimate of drug-likeness (QED) is 0.593. The summed E-state index contributed by atoms with van der Waals surface area (Å²) >= 11 is 6.21. The van der Waals surface area contributed by atoms with Crippen LogP contribution in [0.15, 0.2) is 47.4 Å². The van der Waals surface area contributed by atoms with Crippen LogP contribution in [0.2, 0.25) is 5.02 Å². The number of rotatable bonds is 5. The number of sulfonamides is 1. The monoisotopic (exact) mass is 472 g/mol. The fourth-order valence-electron chi connectivity index (χ4n) is 3.86. The topological polar surface area (TPSA) is 84.3 Å². The Morgan fingerprint density at radius 3 is 2.34 bits per heavy atom. The first-order valence-corrected chi connectivity index (χ1v) is 12.2. The summed E-state index contributed by atoms with van der Waals surface area (Å²) in [5, 5.41) is 7.55. The lowest BCUT2D eigenvalue weighted by Crippen LogP contribution is -2.28. The zero-order valence-electron chi connectivity index (χ0n) is 18.2. The number of nitrogens with one attached hydrogen (secondary N) is 1. The third-order valence-corrected chi connectivity index (χ3v) is 8.06. The lowest BCUT2D eigenvalue weighted by molar-refractivity contribution is 0.102. The maximum absolute atomic E-state index is 13.0. The predicted octanol–water partition coefficient (Wildman–Crippen LogP) is 4.49. The van der Waals surface area contributed by atoms with Gasteiger partial charge < -0.3 is 5.32 Å². The summed E-state index contributed by atoms with van der Waals surface area (Å²) in [4.78, 5) is 13.0. The Morgan fingerprint density at radius 1 is 1.03 bits per heavy atom. The van der Waals surface area contributed by atoms with Crippen LogP contribution in [0, 0.1) is 20.8 Å². The molecular formula is C23H25ClN4O3S. The molecule has 0 aliphatic carbocycles. The molecule has 9 heteroatoms. The molecule has 1 aliphatic rings. The molecule has 1 aliphatic heterocycles. The fraction of sp³-hybridized carbons (Fsp3) is 0.304. The van der Waals surface area contributed by atoms with Gasteiger partial charge in [0.25, 0.3) is 5.91 Å². The van der Waals surface area contributed by atoms with E-state index in [-0.39, 0.29) is 15.5 Å². The van der Waals surface area contributed by atoms with Gasteiger partial charge in [-0.25, -0.2) is 13.1 Å². The molecule has 2 heterocycles. The smallest absolute Gasteiger partial charge is 0.255 e. The summed E-state index contributed by atoms with van der Waals surface area (Å²) in [6, 6.07) is 12.3. The van der Waals surface area contributed by atoms with Crippen molar-refractivity contribution in [2.75, 3.05) is 18.4 Å². The Balaban J connectivity index is 1.63. The number of hydrogen-bond donors (Lipinski definition) is 1. The van der Waals surface area contributed by atoms with Gasteiger partial charge in [0.05, 0.1) is 27.8 Å². The minimum atomic E-state index is -3.75. The molecule has 2 aromatic carbocycles. The van der Waals surface area contributed by atoms with E-state index in [1.165, 1.54) is 22.5 Å². The van der Waals surface area contributed by atoms with E-state index in [4.69, 9.17) is 11.6 Å². The van der Waals surface area contributed by atoms with Crippen molar-refractivity contribution in [3.63, 3.8) is 0 Å². The molecule has 1 fully saturated rings. The molecule has 3 aromatic rings. The Hall–Kier alpha value is -2.68. The maximum Gasteiger partial charge on any atom is 0.255 e. The number of halogens is 1. The average molecular weight is 473 g/mol. The van der Waals surface area contributed by atoms with Crippen LogP contribution in [0.5, 0.6) is 0 Å². The van der Waals surface area contributed by atoms with Gasteiger partial charge in [0.1, 0.15) is 4.90 Å². The number of anilines is 1. The molecule has 1 amide bonds. The van der Waals surface area contributed by atoms with E-state index in [1.54, 1.807) is 4.68 Å². The Labute approximate surface area is 193 Å². The number of carbonyl (C=O) groups is 1. The molecule has 1 N–H and O–H groups in total. The highest BCUT2D eigenvalue weighted by molar-refractivity contribution is 7.89. The third kappa shape index (κ3) is 4.18. The zero-order chi connectivity index (χ0) is 23.0. The third-order valence-electron chi connectivity index (χ3n) is 5.68. The van der Waals surface area contributed by atoms with Crippen molar-refractivity contribution in [3.05, 3.63) is 70.0 Å². The summed E-state index contributed by atoms with van der Waals surface area (Å²) in [5.41, 5.74) is 4.28. The van der Waals surface area contributed by atoms with E-state index < -0.39 is 15.9 Å². The molecule has 168 valence electrons. The normalized spacial score (nSPS) is 14.6. The SMILES string of the molecule is Cc1ccc(-n2nc(C)c(NC(=O)c3ccc(Cl)c(S(=O)(=O)N4CCCC4)c3)c2C)cc1. The van der Waals surface area contributed by atoms with Crippen molar-refractivity contribution in [1.29, 1.82) is 0 Å².